The highest BCUT2D eigenvalue weighted by molar-refractivity contribution is 7.13. The zero-order chi connectivity index (χ0) is 18.6. The third kappa shape index (κ3) is 3.76. The Labute approximate surface area is 164 Å². The summed E-state index contributed by atoms with van der Waals surface area (Å²) in [5, 5.41) is 2.11. The summed E-state index contributed by atoms with van der Waals surface area (Å²) in [6.07, 6.45) is 2.08. The van der Waals surface area contributed by atoms with Crippen LogP contribution in [-0.4, -0.2) is 16.2 Å². The van der Waals surface area contributed by atoms with Crippen molar-refractivity contribution in [2.75, 3.05) is 6.61 Å². The SMILES string of the molecule is Cc1cccc(OCCCCn2c(-c3cccs3)nc3ccccc32)c1C. The Morgan fingerprint density at radius 3 is 2.70 bits per heavy atom. The van der Waals surface area contributed by atoms with Crippen molar-refractivity contribution in [3.63, 3.8) is 0 Å². The number of unbranched alkanes of at least 4 members (excludes halogenated alkanes) is 1. The number of hydrogen-bond donors (Lipinski definition) is 0. The van der Waals surface area contributed by atoms with E-state index in [1.54, 1.807) is 11.3 Å². The molecule has 0 bridgehead atoms. The van der Waals surface area contributed by atoms with Gasteiger partial charge in [-0.15, -0.1) is 11.3 Å². The fraction of sp³-hybridized carbons (Fsp3) is 0.261. The van der Waals surface area contributed by atoms with Gasteiger partial charge in [-0.1, -0.05) is 30.3 Å². The smallest absolute Gasteiger partial charge is 0.151 e. The van der Waals surface area contributed by atoms with Crippen molar-refractivity contribution >= 4 is 22.4 Å². The Hall–Kier alpha value is -2.59. The molecule has 0 N–H and O–H groups in total. The molecule has 0 saturated heterocycles. The molecule has 4 aromatic rings. The van der Waals surface area contributed by atoms with Crippen LogP contribution in [0.15, 0.2) is 60.0 Å². The van der Waals surface area contributed by atoms with Gasteiger partial charge >= 0.3 is 0 Å². The second kappa shape index (κ2) is 7.97. The minimum Gasteiger partial charge on any atom is -0.493 e. The molecule has 0 saturated carbocycles. The summed E-state index contributed by atoms with van der Waals surface area (Å²) in [6.45, 7) is 5.93. The van der Waals surface area contributed by atoms with Crippen LogP contribution in [0.25, 0.3) is 21.7 Å². The lowest BCUT2D eigenvalue weighted by molar-refractivity contribution is 0.301. The van der Waals surface area contributed by atoms with Gasteiger partial charge in [0.2, 0.25) is 0 Å². The highest BCUT2D eigenvalue weighted by atomic mass is 32.1. The van der Waals surface area contributed by atoms with E-state index in [2.05, 4.69) is 78.4 Å². The molecule has 0 radical (unpaired) electrons. The van der Waals surface area contributed by atoms with Crippen molar-refractivity contribution < 1.29 is 4.74 Å². The average Bonchev–Trinajstić information content (AvgIpc) is 3.32. The van der Waals surface area contributed by atoms with Crippen LogP contribution in [0.2, 0.25) is 0 Å². The Bertz CT molecular complexity index is 1030. The van der Waals surface area contributed by atoms with Gasteiger partial charge in [0.25, 0.3) is 0 Å². The number of aryl methyl sites for hydroxylation is 2. The monoisotopic (exact) mass is 376 g/mol. The molecular formula is C23H24N2OS. The highest BCUT2D eigenvalue weighted by Gasteiger charge is 2.12. The van der Waals surface area contributed by atoms with Gasteiger partial charge in [0.15, 0.2) is 5.82 Å². The lowest BCUT2D eigenvalue weighted by atomic mass is 10.1. The zero-order valence-corrected chi connectivity index (χ0v) is 16.6. The maximum Gasteiger partial charge on any atom is 0.151 e. The van der Waals surface area contributed by atoms with Crippen LogP contribution in [0.1, 0.15) is 24.0 Å². The van der Waals surface area contributed by atoms with Crippen molar-refractivity contribution in [2.45, 2.75) is 33.2 Å². The number of fused-ring (bicyclic) bond motifs is 1. The van der Waals surface area contributed by atoms with Gasteiger partial charge < -0.3 is 9.30 Å². The van der Waals surface area contributed by atoms with Crippen LogP contribution in [0.4, 0.5) is 0 Å². The first kappa shape index (κ1) is 17.8. The van der Waals surface area contributed by atoms with E-state index in [1.165, 1.54) is 21.5 Å². The standard InChI is InChI=1S/C23H24N2OS/c1-17-9-7-12-21(18(17)2)26-15-6-5-14-25-20-11-4-3-10-19(20)24-23(25)22-13-8-16-27-22/h3-4,7-13,16H,5-6,14-15H2,1-2H3. The molecule has 0 atom stereocenters. The molecule has 0 unspecified atom stereocenters. The molecule has 0 fully saturated rings. The highest BCUT2D eigenvalue weighted by Crippen LogP contribution is 2.28. The minimum atomic E-state index is 0.741. The minimum absolute atomic E-state index is 0.741. The van der Waals surface area contributed by atoms with Gasteiger partial charge in [-0.25, -0.2) is 4.98 Å². The predicted molar refractivity (Wildman–Crippen MR) is 114 cm³/mol. The van der Waals surface area contributed by atoms with Crippen LogP contribution < -0.4 is 4.74 Å². The summed E-state index contributed by atoms with van der Waals surface area (Å²) in [5.41, 5.74) is 4.78. The average molecular weight is 377 g/mol. The number of aromatic nitrogens is 2. The third-order valence-corrected chi connectivity index (χ3v) is 5.85. The largest absolute Gasteiger partial charge is 0.493 e. The Kier molecular flexibility index (Phi) is 5.26. The van der Waals surface area contributed by atoms with E-state index in [1.807, 2.05) is 0 Å². The maximum atomic E-state index is 6.00. The van der Waals surface area contributed by atoms with Crippen LogP contribution in [0, 0.1) is 13.8 Å². The molecule has 0 spiro atoms. The molecule has 27 heavy (non-hydrogen) atoms. The zero-order valence-electron chi connectivity index (χ0n) is 15.8. The van der Waals surface area contributed by atoms with Crippen molar-refractivity contribution in [1.82, 2.24) is 9.55 Å². The van der Waals surface area contributed by atoms with E-state index in [0.29, 0.717) is 0 Å². The molecule has 4 heteroatoms. The van der Waals surface area contributed by atoms with Crippen LogP contribution >= 0.6 is 11.3 Å². The molecule has 0 aliphatic carbocycles. The van der Waals surface area contributed by atoms with Gasteiger partial charge in [-0.05, 0) is 67.5 Å². The third-order valence-electron chi connectivity index (χ3n) is 4.98. The Morgan fingerprint density at radius 1 is 0.963 bits per heavy atom. The molecule has 138 valence electrons. The first-order chi connectivity index (χ1) is 13.2. The number of thiophene rings is 1. The quantitative estimate of drug-likeness (QED) is 0.357. The number of rotatable bonds is 7. The molecule has 2 aromatic carbocycles. The molecule has 2 heterocycles. The second-order valence-corrected chi connectivity index (χ2v) is 7.75. The van der Waals surface area contributed by atoms with E-state index < -0.39 is 0 Å². The normalized spacial score (nSPS) is 11.2. The summed E-state index contributed by atoms with van der Waals surface area (Å²) in [4.78, 5) is 6.09. The van der Waals surface area contributed by atoms with Crippen molar-refractivity contribution in [3.8, 4) is 16.5 Å². The number of nitrogens with zero attached hydrogens (tertiary/aromatic N) is 2. The van der Waals surface area contributed by atoms with Gasteiger partial charge in [0, 0.05) is 6.54 Å². The van der Waals surface area contributed by atoms with Crippen LogP contribution in [-0.2, 0) is 6.54 Å². The summed E-state index contributed by atoms with van der Waals surface area (Å²) < 4.78 is 8.35. The van der Waals surface area contributed by atoms with Crippen LogP contribution in [0.5, 0.6) is 5.75 Å². The number of hydrogen-bond acceptors (Lipinski definition) is 3. The fourth-order valence-electron chi connectivity index (χ4n) is 3.33. The summed E-state index contributed by atoms with van der Waals surface area (Å²) in [5.74, 6) is 2.07. The van der Waals surface area contributed by atoms with Crippen molar-refractivity contribution in [2.24, 2.45) is 0 Å². The van der Waals surface area contributed by atoms with E-state index >= 15 is 0 Å². The number of ether oxygens (including phenoxy) is 1. The van der Waals surface area contributed by atoms with E-state index in [9.17, 15) is 0 Å². The van der Waals surface area contributed by atoms with Crippen molar-refractivity contribution in [3.05, 3.63) is 71.1 Å². The summed E-state index contributed by atoms with van der Waals surface area (Å²) in [7, 11) is 0. The van der Waals surface area contributed by atoms with E-state index in [0.717, 1.165) is 43.1 Å². The van der Waals surface area contributed by atoms with Gasteiger partial charge in [0.05, 0.1) is 22.5 Å². The molecule has 0 amide bonds. The Morgan fingerprint density at radius 2 is 1.85 bits per heavy atom. The molecule has 2 aromatic heterocycles. The molecule has 4 rings (SSSR count). The maximum absolute atomic E-state index is 6.00. The van der Waals surface area contributed by atoms with Gasteiger partial charge in [-0.2, -0.15) is 0 Å². The first-order valence-corrected chi connectivity index (χ1v) is 10.3. The summed E-state index contributed by atoms with van der Waals surface area (Å²) >= 11 is 1.74. The Balaban J connectivity index is 1.43. The molecule has 0 aliphatic heterocycles. The molecule has 3 nitrogen and oxygen atoms in total. The molecular weight excluding hydrogens is 352 g/mol. The fourth-order valence-corrected chi connectivity index (χ4v) is 4.05. The van der Waals surface area contributed by atoms with Gasteiger partial charge in [0.1, 0.15) is 5.75 Å². The van der Waals surface area contributed by atoms with Gasteiger partial charge in [-0.3, -0.25) is 0 Å². The number of para-hydroxylation sites is 2. The number of benzene rings is 2. The summed E-state index contributed by atoms with van der Waals surface area (Å²) in [6, 6.07) is 18.9. The second-order valence-electron chi connectivity index (χ2n) is 6.81. The lowest BCUT2D eigenvalue weighted by Crippen LogP contribution is -2.04. The van der Waals surface area contributed by atoms with Crippen LogP contribution in [0.3, 0.4) is 0 Å². The number of imidazole rings is 1. The lowest BCUT2D eigenvalue weighted by Gasteiger charge is -2.12. The molecule has 0 aliphatic rings. The predicted octanol–water partition coefficient (Wildman–Crippen LogP) is 6.24. The van der Waals surface area contributed by atoms with Crippen molar-refractivity contribution in [1.29, 1.82) is 0 Å². The first-order valence-electron chi connectivity index (χ1n) is 9.42. The van der Waals surface area contributed by atoms with E-state index in [4.69, 9.17) is 9.72 Å². The van der Waals surface area contributed by atoms with E-state index in [-0.39, 0.29) is 0 Å². The topological polar surface area (TPSA) is 27.1 Å².